The lowest BCUT2D eigenvalue weighted by Crippen LogP contribution is -2.25. The van der Waals surface area contributed by atoms with Crippen molar-refractivity contribution in [2.75, 3.05) is 6.54 Å². The van der Waals surface area contributed by atoms with Crippen LogP contribution >= 0.6 is 0 Å². The van der Waals surface area contributed by atoms with Gasteiger partial charge in [0, 0.05) is 32.0 Å². The second kappa shape index (κ2) is 8.06. The third-order valence-electron chi connectivity index (χ3n) is 4.02. The predicted octanol–water partition coefficient (Wildman–Crippen LogP) is 3.86. The maximum Gasteiger partial charge on any atom is 0.304 e. The van der Waals surface area contributed by atoms with Gasteiger partial charge >= 0.3 is 5.97 Å². The van der Waals surface area contributed by atoms with Crippen LogP contribution in [-0.2, 0) is 23.3 Å². The van der Waals surface area contributed by atoms with E-state index in [0.29, 0.717) is 6.54 Å². The van der Waals surface area contributed by atoms with E-state index in [4.69, 9.17) is 5.11 Å². The summed E-state index contributed by atoms with van der Waals surface area (Å²) in [5, 5.41) is 8.98. The number of hydrogen-bond donors (Lipinski definition) is 1. The van der Waals surface area contributed by atoms with Crippen molar-refractivity contribution in [2.24, 2.45) is 0 Å². The second-order valence-electron chi connectivity index (χ2n) is 7.16. The van der Waals surface area contributed by atoms with Gasteiger partial charge in [-0.15, -0.1) is 0 Å². The quantitative estimate of drug-likeness (QED) is 0.839. The van der Waals surface area contributed by atoms with Crippen LogP contribution in [0.15, 0.2) is 48.8 Å². The van der Waals surface area contributed by atoms with Crippen LogP contribution in [0, 0.1) is 0 Å². The molecule has 0 atom stereocenters. The van der Waals surface area contributed by atoms with E-state index in [1.165, 1.54) is 11.1 Å². The number of aromatic nitrogens is 1. The molecule has 2 rings (SSSR count). The summed E-state index contributed by atoms with van der Waals surface area (Å²) in [6, 6.07) is 12.5. The van der Waals surface area contributed by atoms with Gasteiger partial charge in [-0.2, -0.15) is 0 Å². The minimum absolute atomic E-state index is 0.137. The summed E-state index contributed by atoms with van der Waals surface area (Å²) in [7, 11) is 0. The number of rotatable bonds is 7. The Morgan fingerprint density at radius 3 is 2.04 bits per heavy atom. The molecule has 0 aliphatic heterocycles. The van der Waals surface area contributed by atoms with Crippen LogP contribution in [0.2, 0.25) is 0 Å². The lowest BCUT2D eigenvalue weighted by Gasteiger charge is -2.23. The Balaban J connectivity index is 2.07. The molecule has 4 nitrogen and oxygen atoms in total. The summed E-state index contributed by atoms with van der Waals surface area (Å²) >= 11 is 0. The van der Waals surface area contributed by atoms with Gasteiger partial charge in [0.1, 0.15) is 0 Å². The van der Waals surface area contributed by atoms with Crippen molar-refractivity contribution < 1.29 is 9.90 Å². The Hall–Kier alpha value is -2.20. The summed E-state index contributed by atoms with van der Waals surface area (Å²) in [5.41, 5.74) is 3.78. The maximum absolute atomic E-state index is 10.9. The molecule has 128 valence electrons. The SMILES string of the molecule is CC(C)(C)c1ccc(CN(CCC(=O)O)Cc2ccncc2)cc1. The normalized spacial score (nSPS) is 11.7. The van der Waals surface area contributed by atoms with Crippen LogP contribution in [0.5, 0.6) is 0 Å². The highest BCUT2D eigenvalue weighted by atomic mass is 16.4. The lowest BCUT2D eigenvalue weighted by molar-refractivity contribution is -0.137. The zero-order valence-electron chi connectivity index (χ0n) is 14.7. The summed E-state index contributed by atoms with van der Waals surface area (Å²) in [6.07, 6.45) is 3.68. The van der Waals surface area contributed by atoms with E-state index >= 15 is 0 Å². The average Bonchev–Trinajstić information content (AvgIpc) is 2.53. The minimum atomic E-state index is -0.766. The van der Waals surface area contributed by atoms with Crippen LogP contribution in [0.4, 0.5) is 0 Å². The lowest BCUT2D eigenvalue weighted by atomic mass is 9.87. The van der Waals surface area contributed by atoms with Gasteiger partial charge in [0.2, 0.25) is 0 Å². The van der Waals surface area contributed by atoms with Gasteiger partial charge in [-0.25, -0.2) is 0 Å². The summed E-state index contributed by atoms with van der Waals surface area (Å²) in [5.74, 6) is -0.766. The van der Waals surface area contributed by atoms with Gasteiger partial charge in [-0.1, -0.05) is 45.0 Å². The highest BCUT2D eigenvalue weighted by Gasteiger charge is 2.14. The van der Waals surface area contributed by atoms with Gasteiger partial charge < -0.3 is 5.11 Å². The molecule has 0 unspecified atom stereocenters. The van der Waals surface area contributed by atoms with E-state index in [-0.39, 0.29) is 11.8 Å². The minimum Gasteiger partial charge on any atom is -0.481 e. The molecule has 0 saturated carbocycles. The van der Waals surface area contributed by atoms with Gasteiger partial charge in [0.15, 0.2) is 0 Å². The maximum atomic E-state index is 10.9. The third kappa shape index (κ3) is 5.78. The molecule has 1 aromatic carbocycles. The molecule has 2 aromatic rings. The van der Waals surface area contributed by atoms with Crippen molar-refractivity contribution in [3.05, 3.63) is 65.5 Å². The molecule has 1 N–H and O–H groups in total. The summed E-state index contributed by atoms with van der Waals surface area (Å²) in [6.45, 7) is 8.58. The Bertz CT molecular complexity index is 646. The van der Waals surface area contributed by atoms with Crippen molar-refractivity contribution in [1.29, 1.82) is 0 Å². The first-order chi connectivity index (χ1) is 11.3. The first-order valence-electron chi connectivity index (χ1n) is 8.27. The molecule has 0 bridgehead atoms. The van der Waals surface area contributed by atoms with Crippen LogP contribution in [0.3, 0.4) is 0 Å². The average molecular weight is 326 g/mol. The molecule has 0 aliphatic rings. The molecule has 0 aliphatic carbocycles. The van der Waals surface area contributed by atoms with Gasteiger partial charge in [-0.05, 0) is 34.2 Å². The number of hydrogen-bond acceptors (Lipinski definition) is 3. The fraction of sp³-hybridized carbons (Fsp3) is 0.400. The van der Waals surface area contributed by atoms with E-state index in [0.717, 1.165) is 18.7 Å². The largest absolute Gasteiger partial charge is 0.481 e. The smallest absolute Gasteiger partial charge is 0.304 e. The molecule has 24 heavy (non-hydrogen) atoms. The molecule has 0 fully saturated rings. The first-order valence-corrected chi connectivity index (χ1v) is 8.27. The topological polar surface area (TPSA) is 53.4 Å². The zero-order valence-corrected chi connectivity index (χ0v) is 14.7. The summed E-state index contributed by atoms with van der Waals surface area (Å²) < 4.78 is 0. The van der Waals surface area contributed by atoms with Crippen molar-refractivity contribution in [3.8, 4) is 0 Å². The molecule has 0 spiro atoms. The van der Waals surface area contributed by atoms with Crippen molar-refractivity contribution in [3.63, 3.8) is 0 Å². The predicted molar refractivity (Wildman–Crippen MR) is 95.7 cm³/mol. The Labute approximate surface area is 144 Å². The molecular formula is C20H26N2O2. The number of carbonyl (C=O) groups is 1. The molecule has 1 heterocycles. The fourth-order valence-corrected chi connectivity index (χ4v) is 2.58. The molecule has 0 amide bonds. The van der Waals surface area contributed by atoms with Crippen LogP contribution in [-0.4, -0.2) is 27.5 Å². The molecule has 1 aromatic heterocycles. The zero-order chi connectivity index (χ0) is 17.6. The van der Waals surface area contributed by atoms with E-state index in [1.807, 2.05) is 12.1 Å². The Kier molecular flexibility index (Phi) is 6.10. The molecule has 4 heteroatoms. The van der Waals surface area contributed by atoms with E-state index in [1.54, 1.807) is 12.4 Å². The Morgan fingerprint density at radius 2 is 1.54 bits per heavy atom. The second-order valence-corrected chi connectivity index (χ2v) is 7.16. The van der Waals surface area contributed by atoms with Crippen LogP contribution < -0.4 is 0 Å². The number of pyridine rings is 1. The summed E-state index contributed by atoms with van der Waals surface area (Å²) in [4.78, 5) is 17.1. The van der Waals surface area contributed by atoms with E-state index < -0.39 is 5.97 Å². The number of carboxylic acid groups (broad SMARTS) is 1. The van der Waals surface area contributed by atoms with E-state index in [2.05, 4.69) is 54.9 Å². The van der Waals surface area contributed by atoms with Crippen LogP contribution in [0.25, 0.3) is 0 Å². The fourth-order valence-electron chi connectivity index (χ4n) is 2.58. The molecular weight excluding hydrogens is 300 g/mol. The first kappa shape index (κ1) is 18.1. The van der Waals surface area contributed by atoms with Gasteiger partial charge in [0.05, 0.1) is 6.42 Å². The number of carboxylic acids is 1. The standard InChI is InChI=1S/C20H26N2O2/c1-20(2,3)18-6-4-16(5-7-18)14-22(13-10-19(23)24)15-17-8-11-21-12-9-17/h4-9,11-12H,10,13-15H2,1-3H3,(H,23,24). The van der Waals surface area contributed by atoms with Crippen molar-refractivity contribution >= 4 is 5.97 Å². The highest BCUT2D eigenvalue weighted by molar-refractivity contribution is 5.66. The Morgan fingerprint density at radius 1 is 1.00 bits per heavy atom. The van der Waals surface area contributed by atoms with Crippen LogP contribution in [0.1, 0.15) is 43.9 Å². The highest BCUT2D eigenvalue weighted by Crippen LogP contribution is 2.22. The number of benzene rings is 1. The molecule has 0 radical (unpaired) electrons. The molecule has 0 saturated heterocycles. The number of nitrogens with zero attached hydrogens (tertiary/aromatic N) is 2. The number of aliphatic carboxylic acids is 1. The van der Waals surface area contributed by atoms with E-state index in [9.17, 15) is 4.79 Å². The monoisotopic (exact) mass is 326 g/mol. The van der Waals surface area contributed by atoms with Gasteiger partial charge in [-0.3, -0.25) is 14.7 Å². The van der Waals surface area contributed by atoms with Crippen molar-refractivity contribution in [2.45, 2.75) is 45.7 Å². The third-order valence-corrected chi connectivity index (χ3v) is 4.02. The van der Waals surface area contributed by atoms with Gasteiger partial charge in [0.25, 0.3) is 0 Å². The van der Waals surface area contributed by atoms with Crippen molar-refractivity contribution in [1.82, 2.24) is 9.88 Å².